The van der Waals surface area contributed by atoms with Crippen LogP contribution in [0.2, 0.25) is 10.0 Å². The van der Waals surface area contributed by atoms with E-state index in [1.165, 1.54) is 0 Å². The molecule has 0 N–H and O–H groups in total. The lowest BCUT2D eigenvalue weighted by Gasteiger charge is -2.35. The molecule has 8 heteroatoms. The first kappa shape index (κ1) is 18.7. The van der Waals surface area contributed by atoms with Gasteiger partial charge in [-0.25, -0.2) is 4.98 Å². The second-order valence-corrected chi connectivity index (χ2v) is 7.31. The molecule has 138 valence electrons. The monoisotopic (exact) mass is 393 g/mol. The molecule has 6 nitrogen and oxygen atoms in total. The zero-order valence-electron chi connectivity index (χ0n) is 15.0. The molecule has 2 aromatic rings. The zero-order chi connectivity index (χ0) is 18.8. The van der Waals surface area contributed by atoms with E-state index in [2.05, 4.69) is 14.9 Å². The van der Waals surface area contributed by atoms with Crippen molar-refractivity contribution in [3.05, 3.63) is 45.6 Å². The van der Waals surface area contributed by atoms with E-state index in [1.807, 2.05) is 32.0 Å². The van der Waals surface area contributed by atoms with E-state index >= 15 is 0 Å². The summed E-state index contributed by atoms with van der Waals surface area (Å²) in [6.07, 6.45) is 0. The summed E-state index contributed by atoms with van der Waals surface area (Å²) < 4.78 is 0. The second-order valence-electron chi connectivity index (χ2n) is 6.47. The SMILES string of the molecule is Cc1cc(N(C)C)nc(N2CCN(C(=O)c3cc(Cl)ccc3Cl)CC2)n1. The Kier molecular flexibility index (Phi) is 5.53. The van der Waals surface area contributed by atoms with Gasteiger partial charge in [0.15, 0.2) is 0 Å². The minimum Gasteiger partial charge on any atom is -0.363 e. The lowest BCUT2D eigenvalue weighted by Crippen LogP contribution is -2.49. The van der Waals surface area contributed by atoms with Crippen LogP contribution in [-0.4, -0.2) is 61.0 Å². The molecule has 0 radical (unpaired) electrons. The van der Waals surface area contributed by atoms with Crippen LogP contribution < -0.4 is 9.80 Å². The molecular weight excluding hydrogens is 373 g/mol. The predicted molar refractivity (Wildman–Crippen MR) is 106 cm³/mol. The number of carbonyl (C=O) groups excluding carboxylic acids is 1. The van der Waals surface area contributed by atoms with Crippen LogP contribution in [0, 0.1) is 6.92 Å². The largest absolute Gasteiger partial charge is 0.363 e. The number of piperazine rings is 1. The van der Waals surface area contributed by atoms with Gasteiger partial charge in [-0.15, -0.1) is 0 Å². The summed E-state index contributed by atoms with van der Waals surface area (Å²) in [5, 5.41) is 0.917. The van der Waals surface area contributed by atoms with Crippen LogP contribution in [-0.2, 0) is 0 Å². The van der Waals surface area contributed by atoms with E-state index in [4.69, 9.17) is 23.2 Å². The van der Waals surface area contributed by atoms with Gasteiger partial charge in [0, 0.05) is 57.1 Å². The third-order valence-corrected chi connectivity index (χ3v) is 4.86. The van der Waals surface area contributed by atoms with Crippen molar-refractivity contribution in [1.82, 2.24) is 14.9 Å². The average Bonchev–Trinajstić information content (AvgIpc) is 2.62. The second kappa shape index (κ2) is 7.68. The molecule has 1 fully saturated rings. The number of aromatic nitrogens is 2. The molecule has 0 saturated carbocycles. The van der Waals surface area contributed by atoms with Crippen molar-refractivity contribution in [2.75, 3.05) is 50.1 Å². The highest BCUT2D eigenvalue weighted by Gasteiger charge is 2.25. The van der Waals surface area contributed by atoms with E-state index in [0.29, 0.717) is 47.7 Å². The summed E-state index contributed by atoms with van der Waals surface area (Å²) in [7, 11) is 3.91. The normalized spacial score (nSPS) is 14.5. The fourth-order valence-corrected chi connectivity index (χ4v) is 3.22. The molecule has 1 aromatic heterocycles. The number of nitrogens with zero attached hydrogens (tertiary/aromatic N) is 5. The Balaban J connectivity index is 1.71. The first-order chi connectivity index (χ1) is 12.3. The van der Waals surface area contributed by atoms with E-state index in [1.54, 1.807) is 23.1 Å². The lowest BCUT2D eigenvalue weighted by atomic mass is 10.2. The molecule has 2 heterocycles. The van der Waals surface area contributed by atoms with Gasteiger partial charge in [-0.05, 0) is 25.1 Å². The van der Waals surface area contributed by atoms with Crippen LogP contribution in [0.15, 0.2) is 24.3 Å². The highest BCUT2D eigenvalue weighted by Crippen LogP contribution is 2.23. The third kappa shape index (κ3) is 4.02. The summed E-state index contributed by atoms with van der Waals surface area (Å²) in [6.45, 7) is 4.45. The topological polar surface area (TPSA) is 52.6 Å². The molecule has 0 spiro atoms. The minimum absolute atomic E-state index is 0.101. The van der Waals surface area contributed by atoms with Gasteiger partial charge in [0.1, 0.15) is 5.82 Å². The molecule has 0 unspecified atom stereocenters. The Labute approximate surface area is 163 Å². The van der Waals surface area contributed by atoms with Crippen LogP contribution >= 0.6 is 23.2 Å². The quantitative estimate of drug-likeness (QED) is 0.801. The maximum Gasteiger partial charge on any atom is 0.255 e. The lowest BCUT2D eigenvalue weighted by molar-refractivity contribution is 0.0746. The minimum atomic E-state index is -0.101. The van der Waals surface area contributed by atoms with Gasteiger partial charge in [-0.3, -0.25) is 4.79 Å². The van der Waals surface area contributed by atoms with Crippen molar-refractivity contribution in [3.8, 4) is 0 Å². The van der Waals surface area contributed by atoms with Gasteiger partial charge in [-0.2, -0.15) is 4.98 Å². The number of hydrogen-bond acceptors (Lipinski definition) is 5. The fourth-order valence-electron chi connectivity index (χ4n) is 2.85. The van der Waals surface area contributed by atoms with E-state index in [0.717, 1.165) is 11.5 Å². The molecule has 3 rings (SSSR count). The first-order valence-electron chi connectivity index (χ1n) is 8.37. The Morgan fingerprint density at radius 2 is 1.77 bits per heavy atom. The van der Waals surface area contributed by atoms with Gasteiger partial charge in [0.05, 0.1) is 10.6 Å². The van der Waals surface area contributed by atoms with Gasteiger partial charge >= 0.3 is 0 Å². The number of rotatable bonds is 3. The Hall–Kier alpha value is -2.05. The highest BCUT2D eigenvalue weighted by atomic mass is 35.5. The van der Waals surface area contributed by atoms with Crippen LogP contribution in [0.3, 0.4) is 0 Å². The molecule has 0 bridgehead atoms. The summed E-state index contributed by atoms with van der Waals surface area (Å²) in [5.74, 6) is 1.47. The molecule has 1 amide bonds. The van der Waals surface area contributed by atoms with Crippen LogP contribution in [0.5, 0.6) is 0 Å². The molecule has 1 saturated heterocycles. The number of amides is 1. The number of carbonyl (C=O) groups is 1. The first-order valence-corrected chi connectivity index (χ1v) is 9.13. The van der Waals surface area contributed by atoms with E-state index in [-0.39, 0.29) is 5.91 Å². The van der Waals surface area contributed by atoms with Crippen molar-refractivity contribution in [2.45, 2.75) is 6.92 Å². The van der Waals surface area contributed by atoms with Gasteiger partial charge < -0.3 is 14.7 Å². The van der Waals surface area contributed by atoms with E-state index < -0.39 is 0 Å². The molecular formula is C18H21Cl2N5O. The number of hydrogen-bond donors (Lipinski definition) is 0. The standard InChI is InChI=1S/C18H21Cl2N5O/c1-12-10-16(23(2)3)22-18(21-12)25-8-6-24(7-9-25)17(26)14-11-13(19)4-5-15(14)20/h4-5,10-11H,6-9H2,1-3H3. The van der Waals surface area contributed by atoms with Crippen molar-refractivity contribution < 1.29 is 4.79 Å². The van der Waals surface area contributed by atoms with Crippen molar-refractivity contribution in [2.24, 2.45) is 0 Å². The number of aryl methyl sites for hydroxylation is 1. The average molecular weight is 394 g/mol. The summed E-state index contributed by atoms with van der Waals surface area (Å²) in [4.78, 5) is 27.7. The Bertz CT molecular complexity index is 819. The highest BCUT2D eigenvalue weighted by molar-refractivity contribution is 6.35. The van der Waals surface area contributed by atoms with Crippen LogP contribution in [0.4, 0.5) is 11.8 Å². The Morgan fingerprint density at radius 1 is 1.08 bits per heavy atom. The number of benzene rings is 1. The zero-order valence-corrected chi connectivity index (χ0v) is 16.5. The smallest absolute Gasteiger partial charge is 0.255 e. The summed E-state index contributed by atoms with van der Waals surface area (Å²) >= 11 is 12.2. The van der Waals surface area contributed by atoms with Crippen molar-refractivity contribution in [1.29, 1.82) is 0 Å². The maximum absolute atomic E-state index is 12.7. The van der Waals surface area contributed by atoms with Gasteiger partial charge in [0.2, 0.25) is 5.95 Å². The van der Waals surface area contributed by atoms with Crippen LogP contribution in [0.25, 0.3) is 0 Å². The molecule has 1 aliphatic heterocycles. The van der Waals surface area contributed by atoms with Crippen molar-refractivity contribution >= 4 is 40.9 Å². The Morgan fingerprint density at radius 3 is 2.42 bits per heavy atom. The van der Waals surface area contributed by atoms with Gasteiger partial charge in [0.25, 0.3) is 5.91 Å². The van der Waals surface area contributed by atoms with Gasteiger partial charge in [-0.1, -0.05) is 23.2 Å². The molecule has 1 aromatic carbocycles. The fraction of sp³-hybridized carbons (Fsp3) is 0.389. The number of halogens is 2. The predicted octanol–water partition coefficient (Wildman–Crippen LogP) is 3.12. The van der Waals surface area contributed by atoms with Crippen molar-refractivity contribution in [3.63, 3.8) is 0 Å². The summed E-state index contributed by atoms with van der Waals surface area (Å²) in [5.41, 5.74) is 1.36. The molecule has 0 atom stereocenters. The van der Waals surface area contributed by atoms with Crippen LogP contribution in [0.1, 0.15) is 16.1 Å². The number of anilines is 2. The van der Waals surface area contributed by atoms with E-state index in [9.17, 15) is 4.79 Å². The molecule has 0 aliphatic carbocycles. The third-order valence-electron chi connectivity index (χ3n) is 4.30. The molecule has 1 aliphatic rings. The molecule has 26 heavy (non-hydrogen) atoms. The maximum atomic E-state index is 12.7. The summed E-state index contributed by atoms with van der Waals surface area (Å²) in [6, 6.07) is 6.89.